The second kappa shape index (κ2) is 5.24. The number of hydrogen-bond acceptors (Lipinski definition) is 2. The molecular formula is C6H13Cl2F3N2. The Labute approximate surface area is 87.3 Å². The molecule has 0 atom stereocenters. The topological polar surface area (TPSA) is 38.0 Å². The van der Waals surface area contributed by atoms with Gasteiger partial charge in [-0.1, -0.05) is 0 Å². The van der Waals surface area contributed by atoms with Crippen molar-refractivity contribution < 1.29 is 13.2 Å². The molecule has 0 radical (unpaired) electrons. The van der Waals surface area contributed by atoms with E-state index in [0.717, 1.165) is 0 Å². The van der Waals surface area contributed by atoms with Crippen molar-refractivity contribution in [3.63, 3.8) is 0 Å². The smallest absolute Gasteiger partial charge is 0.318 e. The van der Waals surface area contributed by atoms with Gasteiger partial charge in [0.25, 0.3) is 0 Å². The van der Waals surface area contributed by atoms with Crippen LogP contribution >= 0.6 is 24.8 Å². The molecule has 0 unspecified atom stereocenters. The fraction of sp³-hybridized carbons (Fsp3) is 1.00. The van der Waals surface area contributed by atoms with Gasteiger partial charge in [-0.05, 0) is 25.9 Å². The summed E-state index contributed by atoms with van der Waals surface area (Å²) in [6.07, 6.45) is -4.29. The molecule has 0 saturated carbocycles. The maximum atomic E-state index is 12.2. The van der Waals surface area contributed by atoms with E-state index in [4.69, 9.17) is 5.73 Å². The van der Waals surface area contributed by atoms with Crippen LogP contribution in [0.15, 0.2) is 0 Å². The van der Waals surface area contributed by atoms with E-state index in [1.165, 1.54) is 0 Å². The van der Waals surface area contributed by atoms with Crippen molar-refractivity contribution in [1.82, 2.24) is 5.32 Å². The van der Waals surface area contributed by atoms with Crippen LogP contribution in [0.3, 0.4) is 0 Å². The van der Waals surface area contributed by atoms with E-state index in [-0.39, 0.29) is 37.7 Å². The highest BCUT2D eigenvalue weighted by Crippen LogP contribution is 2.34. The number of rotatable bonds is 0. The van der Waals surface area contributed by atoms with Gasteiger partial charge in [-0.25, -0.2) is 0 Å². The standard InChI is InChI=1S/C6H11F3N2.2ClH/c7-6(8,9)5(10)1-3-11-4-2-5;;/h11H,1-4,10H2;2*1H. The summed E-state index contributed by atoms with van der Waals surface area (Å²) in [5, 5.41) is 2.83. The van der Waals surface area contributed by atoms with Crippen LogP contribution in [-0.2, 0) is 0 Å². The van der Waals surface area contributed by atoms with Gasteiger partial charge in [-0.3, -0.25) is 0 Å². The maximum absolute atomic E-state index is 12.2. The average molecular weight is 241 g/mol. The zero-order valence-corrected chi connectivity index (χ0v) is 8.49. The van der Waals surface area contributed by atoms with Gasteiger partial charge >= 0.3 is 6.18 Å². The summed E-state index contributed by atoms with van der Waals surface area (Å²) in [6.45, 7) is 0.714. The normalized spacial score (nSPS) is 21.2. The molecule has 0 aromatic rings. The molecular weight excluding hydrogens is 228 g/mol. The van der Waals surface area contributed by atoms with Crippen molar-refractivity contribution in [2.24, 2.45) is 5.73 Å². The van der Waals surface area contributed by atoms with Crippen LogP contribution in [-0.4, -0.2) is 24.8 Å². The first kappa shape index (κ1) is 15.7. The predicted molar refractivity (Wildman–Crippen MR) is 49.6 cm³/mol. The lowest BCUT2D eigenvalue weighted by molar-refractivity contribution is -0.192. The molecule has 1 aliphatic rings. The Kier molecular flexibility index (Phi) is 6.35. The van der Waals surface area contributed by atoms with Gasteiger partial charge in [0.05, 0.1) is 0 Å². The van der Waals surface area contributed by atoms with Crippen LogP contribution < -0.4 is 11.1 Å². The Morgan fingerprint density at radius 1 is 1.08 bits per heavy atom. The second-order valence-corrected chi connectivity index (χ2v) is 2.90. The van der Waals surface area contributed by atoms with Gasteiger partial charge < -0.3 is 11.1 Å². The van der Waals surface area contributed by atoms with Crippen molar-refractivity contribution in [2.45, 2.75) is 24.6 Å². The first-order valence-corrected chi connectivity index (χ1v) is 3.52. The molecule has 0 aromatic carbocycles. The number of alkyl halides is 3. The summed E-state index contributed by atoms with van der Waals surface area (Å²) < 4.78 is 36.5. The highest BCUT2D eigenvalue weighted by Gasteiger charge is 2.51. The number of nitrogens with two attached hydrogens (primary N) is 1. The number of hydrogen-bond donors (Lipinski definition) is 2. The highest BCUT2D eigenvalue weighted by molar-refractivity contribution is 5.85. The second-order valence-electron chi connectivity index (χ2n) is 2.90. The first-order valence-electron chi connectivity index (χ1n) is 3.52. The SMILES string of the molecule is Cl.Cl.NC1(C(F)(F)F)CCNCC1. The Morgan fingerprint density at radius 3 is 1.69 bits per heavy atom. The minimum absolute atomic E-state index is 0. The molecule has 2 nitrogen and oxygen atoms in total. The van der Waals surface area contributed by atoms with E-state index in [2.05, 4.69) is 5.32 Å². The van der Waals surface area contributed by atoms with Gasteiger partial charge in [0.2, 0.25) is 0 Å². The summed E-state index contributed by atoms with van der Waals surface area (Å²) in [7, 11) is 0. The molecule has 1 heterocycles. The summed E-state index contributed by atoms with van der Waals surface area (Å²) >= 11 is 0. The van der Waals surface area contributed by atoms with Crippen LogP contribution in [0.5, 0.6) is 0 Å². The maximum Gasteiger partial charge on any atom is 0.406 e. The van der Waals surface area contributed by atoms with Crippen LogP contribution in [0.2, 0.25) is 0 Å². The van der Waals surface area contributed by atoms with Gasteiger partial charge in [0.1, 0.15) is 5.54 Å². The molecule has 82 valence electrons. The van der Waals surface area contributed by atoms with Gasteiger partial charge in [0.15, 0.2) is 0 Å². The third kappa shape index (κ3) is 3.50. The molecule has 1 rings (SSSR count). The van der Waals surface area contributed by atoms with E-state index in [1.54, 1.807) is 0 Å². The largest absolute Gasteiger partial charge is 0.406 e. The van der Waals surface area contributed by atoms with Crippen molar-refractivity contribution in [2.75, 3.05) is 13.1 Å². The Bertz CT molecular complexity index is 145. The molecule has 0 spiro atoms. The zero-order valence-electron chi connectivity index (χ0n) is 6.86. The van der Waals surface area contributed by atoms with E-state index in [9.17, 15) is 13.2 Å². The van der Waals surface area contributed by atoms with Crippen molar-refractivity contribution in [1.29, 1.82) is 0 Å². The van der Waals surface area contributed by atoms with Gasteiger partial charge in [-0.2, -0.15) is 13.2 Å². The van der Waals surface area contributed by atoms with E-state index >= 15 is 0 Å². The Hall–Kier alpha value is 0.290. The van der Waals surface area contributed by atoms with Crippen LogP contribution in [0.25, 0.3) is 0 Å². The van der Waals surface area contributed by atoms with Crippen molar-refractivity contribution >= 4 is 24.8 Å². The third-order valence-electron chi connectivity index (χ3n) is 2.06. The summed E-state index contributed by atoms with van der Waals surface area (Å²) in [5.41, 5.74) is 3.22. The van der Waals surface area contributed by atoms with Crippen molar-refractivity contribution in [3.05, 3.63) is 0 Å². The van der Waals surface area contributed by atoms with Crippen molar-refractivity contribution in [3.8, 4) is 0 Å². The minimum Gasteiger partial charge on any atom is -0.318 e. The first-order chi connectivity index (χ1) is 4.96. The quantitative estimate of drug-likeness (QED) is 0.674. The highest BCUT2D eigenvalue weighted by atomic mass is 35.5. The predicted octanol–water partition coefficient (Wildman–Crippen LogP) is 1.47. The average Bonchev–Trinajstić information content (AvgIpc) is 1.87. The molecule has 1 aliphatic heterocycles. The number of nitrogens with one attached hydrogen (secondary N) is 1. The molecule has 1 fully saturated rings. The minimum atomic E-state index is -4.25. The molecule has 1 saturated heterocycles. The summed E-state index contributed by atoms with van der Waals surface area (Å²) in [4.78, 5) is 0. The fourth-order valence-corrected chi connectivity index (χ4v) is 1.16. The lowest BCUT2D eigenvalue weighted by atomic mass is 9.89. The van der Waals surface area contributed by atoms with E-state index in [0.29, 0.717) is 13.1 Å². The summed E-state index contributed by atoms with van der Waals surface area (Å²) in [5.74, 6) is 0. The van der Waals surface area contributed by atoms with E-state index in [1.807, 2.05) is 0 Å². The van der Waals surface area contributed by atoms with Gasteiger partial charge in [-0.15, -0.1) is 24.8 Å². The molecule has 3 N–H and O–H groups in total. The zero-order chi connectivity index (χ0) is 8.54. The monoisotopic (exact) mass is 240 g/mol. The fourth-order valence-electron chi connectivity index (χ4n) is 1.16. The lowest BCUT2D eigenvalue weighted by Gasteiger charge is -2.35. The molecule has 0 aromatic heterocycles. The number of piperidine rings is 1. The number of halogens is 5. The summed E-state index contributed by atoms with van der Waals surface area (Å²) in [6, 6.07) is 0. The Morgan fingerprint density at radius 2 is 1.46 bits per heavy atom. The Balaban J connectivity index is 0. The van der Waals surface area contributed by atoms with Crippen LogP contribution in [0.4, 0.5) is 13.2 Å². The molecule has 0 aliphatic carbocycles. The van der Waals surface area contributed by atoms with Gasteiger partial charge in [0, 0.05) is 0 Å². The third-order valence-corrected chi connectivity index (χ3v) is 2.06. The molecule has 13 heavy (non-hydrogen) atoms. The van der Waals surface area contributed by atoms with E-state index < -0.39 is 11.7 Å². The molecule has 0 amide bonds. The molecule has 7 heteroatoms. The van der Waals surface area contributed by atoms with Crippen LogP contribution in [0, 0.1) is 0 Å². The molecule has 0 bridgehead atoms. The van der Waals surface area contributed by atoms with Crippen LogP contribution in [0.1, 0.15) is 12.8 Å². The lowest BCUT2D eigenvalue weighted by Crippen LogP contribution is -2.58.